The van der Waals surface area contributed by atoms with Gasteiger partial charge in [0, 0.05) is 17.1 Å². The Morgan fingerprint density at radius 3 is 2.59 bits per heavy atom. The molecule has 0 saturated carbocycles. The highest BCUT2D eigenvalue weighted by atomic mass is 32.2. The van der Waals surface area contributed by atoms with Gasteiger partial charge in [-0.1, -0.05) is 61.2 Å². The molecule has 7 heteroatoms. The highest BCUT2D eigenvalue weighted by molar-refractivity contribution is 7.98. The zero-order valence-corrected chi connectivity index (χ0v) is 15.9. The minimum absolute atomic E-state index is 0.0257. The van der Waals surface area contributed by atoms with Crippen LogP contribution in [0.3, 0.4) is 0 Å². The first-order chi connectivity index (χ1) is 13.2. The first-order valence-corrected chi connectivity index (χ1v) is 9.94. The van der Waals surface area contributed by atoms with E-state index >= 15 is 0 Å². The molecular weight excluding hydrogens is 360 g/mol. The standard InChI is InChI=1S/C20H18N4O2S/c1-3-16(25)23-15-12-8-7-11-14(15)17-18(26)21-20(27-2)22-24(17)19(23)13-9-5-4-6-10-13/h4-12,19H,3H2,1-2H3/p+1/t19-/m0/s1. The smallest absolute Gasteiger partial charge is 0.291 e. The predicted molar refractivity (Wildman–Crippen MR) is 105 cm³/mol. The minimum atomic E-state index is -0.517. The van der Waals surface area contributed by atoms with Crippen molar-refractivity contribution in [1.82, 2.24) is 10.1 Å². The van der Waals surface area contributed by atoms with Crippen LogP contribution in [0.1, 0.15) is 25.1 Å². The number of aromatic amines is 1. The van der Waals surface area contributed by atoms with E-state index in [4.69, 9.17) is 0 Å². The number of para-hydroxylation sites is 1. The maximum Gasteiger partial charge on any atom is 0.325 e. The van der Waals surface area contributed by atoms with Crippen LogP contribution in [-0.4, -0.2) is 22.2 Å². The van der Waals surface area contributed by atoms with Gasteiger partial charge >= 0.3 is 11.3 Å². The summed E-state index contributed by atoms with van der Waals surface area (Å²) >= 11 is 1.36. The molecule has 0 radical (unpaired) electrons. The van der Waals surface area contributed by atoms with E-state index in [1.54, 1.807) is 9.58 Å². The van der Waals surface area contributed by atoms with Gasteiger partial charge in [0.2, 0.25) is 11.1 Å². The van der Waals surface area contributed by atoms with Crippen LogP contribution in [0.15, 0.2) is 64.5 Å². The number of carbonyl (C=O) groups is 1. The van der Waals surface area contributed by atoms with E-state index in [0.29, 0.717) is 22.8 Å². The van der Waals surface area contributed by atoms with E-state index < -0.39 is 6.17 Å². The van der Waals surface area contributed by atoms with Gasteiger partial charge in [-0.25, -0.2) is 4.90 Å². The fourth-order valence-corrected chi connectivity index (χ4v) is 3.79. The normalized spacial score (nSPS) is 15.2. The molecule has 3 aromatic rings. The maximum absolute atomic E-state index is 13.0. The van der Waals surface area contributed by atoms with Gasteiger partial charge in [-0.05, 0) is 23.1 Å². The zero-order chi connectivity index (χ0) is 19.0. The Bertz CT molecular complexity index is 1070. The van der Waals surface area contributed by atoms with Gasteiger partial charge in [0.05, 0.1) is 11.3 Å². The molecule has 1 amide bonds. The molecule has 0 unspecified atom stereocenters. The molecule has 2 heterocycles. The van der Waals surface area contributed by atoms with Gasteiger partial charge in [-0.3, -0.25) is 14.6 Å². The van der Waals surface area contributed by atoms with Crippen LogP contribution in [0.25, 0.3) is 11.3 Å². The van der Waals surface area contributed by atoms with Gasteiger partial charge < -0.3 is 0 Å². The van der Waals surface area contributed by atoms with Crippen molar-refractivity contribution >= 4 is 23.4 Å². The van der Waals surface area contributed by atoms with Crippen molar-refractivity contribution in [2.75, 3.05) is 11.2 Å². The number of amides is 1. The van der Waals surface area contributed by atoms with E-state index in [1.807, 2.05) is 67.8 Å². The summed E-state index contributed by atoms with van der Waals surface area (Å²) in [5.41, 5.74) is 2.56. The summed E-state index contributed by atoms with van der Waals surface area (Å²) in [5.74, 6) is -0.0257. The van der Waals surface area contributed by atoms with Crippen molar-refractivity contribution in [2.24, 2.45) is 0 Å². The van der Waals surface area contributed by atoms with Gasteiger partial charge in [-0.15, -0.1) is 0 Å². The molecule has 1 aliphatic heterocycles. The lowest BCUT2D eigenvalue weighted by Gasteiger charge is -2.31. The molecule has 27 heavy (non-hydrogen) atoms. The molecule has 0 bridgehead atoms. The molecular formula is C20H19N4O2S+. The van der Waals surface area contributed by atoms with Gasteiger partial charge in [0.1, 0.15) is 0 Å². The van der Waals surface area contributed by atoms with Crippen LogP contribution in [-0.2, 0) is 4.79 Å². The average Bonchev–Trinajstić information content (AvgIpc) is 2.72. The second-order valence-corrected chi connectivity index (χ2v) is 6.97. The Morgan fingerprint density at radius 1 is 1.19 bits per heavy atom. The molecule has 1 N–H and O–H groups in total. The topological polar surface area (TPSA) is 69.9 Å². The highest BCUT2D eigenvalue weighted by Gasteiger charge is 2.45. The molecule has 0 aliphatic carbocycles. The lowest BCUT2D eigenvalue weighted by Crippen LogP contribution is -2.60. The third-order valence-corrected chi connectivity index (χ3v) is 5.19. The number of nitrogens with one attached hydrogen (secondary N) is 1. The number of carbonyl (C=O) groups excluding carboxylic acids is 1. The number of H-pyrrole nitrogens is 1. The molecule has 0 spiro atoms. The van der Waals surface area contributed by atoms with Gasteiger partial charge in [-0.2, -0.15) is 0 Å². The van der Waals surface area contributed by atoms with Gasteiger partial charge in [0.25, 0.3) is 6.17 Å². The molecule has 0 saturated heterocycles. The quantitative estimate of drug-likeness (QED) is 0.561. The summed E-state index contributed by atoms with van der Waals surface area (Å²) in [6, 6.07) is 17.2. The lowest BCUT2D eigenvalue weighted by atomic mass is 10.0. The third-order valence-electron chi connectivity index (χ3n) is 4.62. The van der Waals surface area contributed by atoms with E-state index in [2.05, 4.69) is 10.1 Å². The monoisotopic (exact) mass is 379 g/mol. The Morgan fingerprint density at radius 2 is 1.89 bits per heavy atom. The Hall–Kier alpha value is -2.93. The summed E-state index contributed by atoms with van der Waals surface area (Å²) in [4.78, 5) is 30.4. The summed E-state index contributed by atoms with van der Waals surface area (Å²) in [5, 5.41) is 5.15. The van der Waals surface area contributed by atoms with Crippen molar-refractivity contribution in [2.45, 2.75) is 24.7 Å². The van der Waals surface area contributed by atoms with Crippen LogP contribution in [0.4, 0.5) is 5.69 Å². The Balaban J connectivity index is 2.09. The fourth-order valence-electron chi connectivity index (χ4n) is 3.43. The highest BCUT2D eigenvalue weighted by Crippen LogP contribution is 2.37. The van der Waals surface area contributed by atoms with Crippen LogP contribution in [0.5, 0.6) is 0 Å². The van der Waals surface area contributed by atoms with Gasteiger partial charge in [0.15, 0.2) is 0 Å². The summed E-state index contributed by atoms with van der Waals surface area (Å²) in [6.45, 7) is 1.84. The van der Waals surface area contributed by atoms with Crippen molar-refractivity contribution < 1.29 is 9.48 Å². The van der Waals surface area contributed by atoms with Crippen LogP contribution in [0.2, 0.25) is 0 Å². The molecule has 2 aromatic carbocycles. The largest absolute Gasteiger partial charge is 0.325 e. The molecule has 6 nitrogen and oxygen atoms in total. The van der Waals surface area contributed by atoms with Crippen LogP contribution >= 0.6 is 11.8 Å². The summed E-state index contributed by atoms with van der Waals surface area (Å²) in [7, 11) is 0. The van der Waals surface area contributed by atoms with E-state index in [0.717, 1.165) is 11.3 Å². The number of hydrogen-bond donors (Lipinski definition) is 1. The predicted octanol–water partition coefficient (Wildman–Crippen LogP) is 2.75. The van der Waals surface area contributed by atoms with Crippen molar-refractivity contribution in [3.05, 3.63) is 70.5 Å². The molecule has 136 valence electrons. The first kappa shape index (κ1) is 17.5. The summed E-state index contributed by atoms with van der Waals surface area (Å²) < 4.78 is 1.68. The SMILES string of the molecule is CCC(=O)N1c2ccccc2-c2c(=O)[nH]c(SC)n[n+]2[C@H]1c1ccccc1. The van der Waals surface area contributed by atoms with E-state index in [-0.39, 0.29) is 11.5 Å². The summed E-state index contributed by atoms with van der Waals surface area (Å²) in [6.07, 6.45) is 1.69. The van der Waals surface area contributed by atoms with Crippen LogP contribution in [0, 0.1) is 0 Å². The number of aromatic nitrogens is 3. The number of nitrogens with zero attached hydrogens (tertiary/aromatic N) is 3. The van der Waals surface area contributed by atoms with Crippen molar-refractivity contribution in [3.63, 3.8) is 0 Å². The number of benzene rings is 2. The van der Waals surface area contributed by atoms with Crippen molar-refractivity contribution in [3.8, 4) is 11.3 Å². The molecule has 0 fully saturated rings. The molecule has 1 atom stereocenters. The first-order valence-electron chi connectivity index (χ1n) is 8.72. The lowest BCUT2D eigenvalue weighted by molar-refractivity contribution is -0.763. The Kier molecular flexibility index (Phi) is 4.53. The second-order valence-electron chi connectivity index (χ2n) is 6.18. The number of anilines is 1. The zero-order valence-electron chi connectivity index (χ0n) is 15.0. The fraction of sp³-hybridized carbons (Fsp3) is 0.200. The number of thioether (sulfide) groups is 1. The van der Waals surface area contributed by atoms with E-state index in [9.17, 15) is 9.59 Å². The molecule has 1 aromatic heterocycles. The molecule has 4 rings (SSSR count). The molecule has 1 aliphatic rings. The second kappa shape index (κ2) is 7.00. The number of fused-ring (bicyclic) bond motifs is 3. The maximum atomic E-state index is 13.0. The van der Waals surface area contributed by atoms with Crippen LogP contribution < -0.4 is 15.1 Å². The van der Waals surface area contributed by atoms with E-state index in [1.165, 1.54) is 11.8 Å². The average molecular weight is 379 g/mol. The number of rotatable bonds is 3. The minimum Gasteiger partial charge on any atom is -0.291 e. The third kappa shape index (κ3) is 2.84. The number of hydrogen-bond acceptors (Lipinski definition) is 4. The van der Waals surface area contributed by atoms with Crippen molar-refractivity contribution in [1.29, 1.82) is 0 Å². The Labute approximate surface area is 160 Å².